The maximum Gasteiger partial charge on any atom is 0.329 e. The number of halogens is 2. The first-order valence-electron chi connectivity index (χ1n) is 8.11. The molecule has 0 fully saturated rings. The van der Waals surface area contributed by atoms with Crippen LogP contribution in [0.1, 0.15) is 24.2 Å². The van der Waals surface area contributed by atoms with Crippen LogP contribution in [0.5, 0.6) is 0 Å². The summed E-state index contributed by atoms with van der Waals surface area (Å²) in [4.78, 5) is 36.1. The average molecular weight is 376 g/mol. The van der Waals surface area contributed by atoms with Gasteiger partial charge >= 0.3 is 5.97 Å². The van der Waals surface area contributed by atoms with E-state index in [1.807, 2.05) is 5.32 Å². The van der Waals surface area contributed by atoms with E-state index in [1.165, 1.54) is 13.8 Å². The molecular weight excluding hydrogens is 358 g/mol. The van der Waals surface area contributed by atoms with Crippen molar-refractivity contribution < 1.29 is 27.9 Å². The van der Waals surface area contributed by atoms with Crippen LogP contribution in [0.15, 0.2) is 48.5 Å². The second-order valence-corrected chi connectivity index (χ2v) is 5.73. The van der Waals surface area contributed by atoms with Gasteiger partial charge in [-0.2, -0.15) is 0 Å². The lowest BCUT2D eigenvalue weighted by Gasteiger charge is -2.18. The fourth-order valence-corrected chi connectivity index (χ4v) is 2.10. The Morgan fingerprint density at radius 2 is 1.52 bits per heavy atom. The number of hydrogen-bond acceptors (Lipinski definition) is 4. The van der Waals surface area contributed by atoms with E-state index in [2.05, 4.69) is 5.32 Å². The van der Waals surface area contributed by atoms with E-state index < -0.39 is 47.3 Å². The third-order valence-electron chi connectivity index (χ3n) is 3.61. The van der Waals surface area contributed by atoms with Crippen LogP contribution in [0.4, 0.5) is 14.5 Å². The van der Waals surface area contributed by atoms with Gasteiger partial charge in [0.05, 0.1) is 0 Å². The van der Waals surface area contributed by atoms with Gasteiger partial charge in [-0.05, 0) is 38.1 Å². The van der Waals surface area contributed by atoms with Crippen LogP contribution in [0.3, 0.4) is 0 Å². The fraction of sp³-hybridized carbons (Fsp3) is 0.211. The lowest BCUT2D eigenvalue weighted by molar-refractivity contribution is -0.154. The monoisotopic (exact) mass is 376 g/mol. The predicted molar refractivity (Wildman–Crippen MR) is 93.9 cm³/mol. The van der Waals surface area contributed by atoms with Gasteiger partial charge in [0.1, 0.15) is 23.4 Å². The van der Waals surface area contributed by atoms with E-state index in [4.69, 9.17) is 4.74 Å². The van der Waals surface area contributed by atoms with Crippen molar-refractivity contribution in [2.45, 2.75) is 26.0 Å². The Bertz CT molecular complexity index is 823. The molecule has 2 amide bonds. The summed E-state index contributed by atoms with van der Waals surface area (Å²) in [5, 5.41) is 4.48. The van der Waals surface area contributed by atoms with Crippen molar-refractivity contribution in [1.82, 2.24) is 5.32 Å². The fourth-order valence-electron chi connectivity index (χ4n) is 2.10. The molecule has 2 N–H and O–H groups in total. The predicted octanol–water partition coefficient (Wildman–Crippen LogP) is 2.65. The SMILES string of the molecule is C[C@H](NC(=O)c1ccccc1)C(=O)O[C@@H](C)C(=O)Nc1c(F)cccc1F. The lowest BCUT2D eigenvalue weighted by Crippen LogP contribution is -2.42. The highest BCUT2D eigenvalue weighted by Gasteiger charge is 2.24. The molecule has 0 saturated carbocycles. The van der Waals surface area contributed by atoms with Crippen LogP contribution in [0.2, 0.25) is 0 Å². The van der Waals surface area contributed by atoms with Gasteiger partial charge in [-0.25, -0.2) is 13.6 Å². The van der Waals surface area contributed by atoms with Crippen molar-refractivity contribution >= 4 is 23.5 Å². The Balaban J connectivity index is 1.92. The number of rotatable bonds is 6. The molecule has 27 heavy (non-hydrogen) atoms. The van der Waals surface area contributed by atoms with Crippen molar-refractivity contribution in [2.24, 2.45) is 0 Å². The number of benzene rings is 2. The molecule has 0 saturated heterocycles. The third-order valence-corrected chi connectivity index (χ3v) is 3.61. The van der Waals surface area contributed by atoms with Crippen molar-refractivity contribution in [3.05, 3.63) is 65.7 Å². The Morgan fingerprint density at radius 3 is 2.11 bits per heavy atom. The maximum absolute atomic E-state index is 13.6. The molecule has 0 aliphatic rings. The Labute approximate surface area is 154 Å². The van der Waals surface area contributed by atoms with Crippen molar-refractivity contribution in [3.8, 4) is 0 Å². The minimum atomic E-state index is -1.33. The zero-order valence-corrected chi connectivity index (χ0v) is 14.7. The standard InChI is InChI=1S/C19H18F2N2O4/c1-11(22-18(25)13-7-4-3-5-8-13)19(26)27-12(2)17(24)23-16-14(20)9-6-10-15(16)21/h3-12H,1-2H3,(H,22,25)(H,23,24)/t11-,12-/m0/s1. The number of nitrogens with one attached hydrogen (secondary N) is 2. The first-order valence-corrected chi connectivity index (χ1v) is 8.11. The number of esters is 1. The summed E-state index contributed by atoms with van der Waals surface area (Å²) in [6, 6.07) is 10.3. The molecule has 0 aliphatic carbocycles. The quantitative estimate of drug-likeness (QED) is 0.759. The highest BCUT2D eigenvalue weighted by atomic mass is 19.1. The number of carbonyl (C=O) groups excluding carboxylic acids is 3. The molecule has 6 nitrogen and oxygen atoms in total. The molecule has 142 valence electrons. The van der Waals surface area contributed by atoms with Crippen LogP contribution >= 0.6 is 0 Å². The van der Waals surface area contributed by atoms with Gasteiger partial charge in [0.15, 0.2) is 6.10 Å². The number of para-hydroxylation sites is 1. The van der Waals surface area contributed by atoms with Gasteiger partial charge in [0.25, 0.3) is 11.8 Å². The van der Waals surface area contributed by atoms with Crippen LogP contribution < -0.4 is 10.6 Å². The second kappa shape index (κ2) is 8.88. The third kappa shape index (κ3) is 5.34. The highest BCUT2D eigenvalue weighted by molar-refractivity contribution is 5.98. The smallest absolute Gasteiger partial charge is 0.329 e. The first-order chi connectivity index (χ1) is 12.8. The molecule has 0 spiro atoms. The minimum Gasteiger partial charge on any atom is -0.451 e. The molecule has 2 atom stereocenters. The van der Waals surface area contributed by atoms with Crippen LogP contribution in [0.25, 0.3) is 0 Å². The minimum absolute atomic E-state index is 0.359. The lowest BCUT2D eigenvalue weighted by atomic mass is 10.2. The van der Waals surface area contributed by atoms with Crippen LogP contribution in [-0.2, 0) is 14.3 Å². The van der Waals surface area contributed by atoms with Gasteiger partial charge in [-0.3, -0.25) is 9.59 Å². The average Bonchev–Trinajstić information content (AvgIpc) is 2.65. The molecule has 0 aliphatic heterocycles. The first kappa shape index (κ1) is 20.0. The molecule has 0 unspecified atom stereocenters. The van der Waals surface area contributed by atoms with E-state index in [0.29, 0.717) is 5.56 Å². The number of amides is 2. The molecule has 2 rings (SSSR count). The summed E-state index contributed by atoms with van der Waals surface area (Å²) in [6.45, 7) is 2.64. The Hall–Kier alpha value is -3.29. The largest absolute Gasteiger partial charge is 0.451 e. The molecular formula is C19H18F2N2O4. The molecule has 0 radical (unpaired) electrons. The summed E-state index contributed by atoms with van der Waals surface area (Å²) in [7, 11) is 0. The van der Waals surface area contributed by atoms with Gasteiger partial charge < -0.3 is 15.4 Å². The number of ether oxygens (including phenoxy) is 1. The van der Waals surface area contributed by atoms with Gasteiger partial charge in [0, 0.05) is 5.56 Å². The van der Waals surface area contributed by atoms with Gasteiger partial charge in [0.2, 0.25) is 0 Å². The summed E-state index contributed by atoms with van der Waals surface area (Å²) in [5.74, 6) is -4.16. The molecule has 0 bridgehead atoms. The zero-order chi connectivity index (χ0) is 20.0. The van der Waals surface area contributed by atoms with Crippen molar-refractivity contribution in [2.75, 3.05) is 5.32 Å². The second-order valence-electron chi connectivity index (χ2n) is 5.73. The zero-order valence-electron chi connectivity index (χ0n) is 14.7. The van der Waals surface area contributed by atoms with E-state index in [9.17, 15) is 23.2 Å². The van der Waals surface area contributed by atoms with E-state index in [1.54, 1.807) is 30.3 Å². The number of hydrogen-bond donors (Lipinski definition) is 2. The highest BCUT2D eigenvalue weighted by Crippen LogP contribution is 2.18. The van der Waals surface area contributed by atoms with Crippen LogP contribution in [0, 0.1) is 11.6 Å². The van der Waals surface area contributed by atoms with Crippen molar-refractivity contribution in [1.29, 1.82) is 0 Å². The van der Waals surface area contributed by atoms with Gasteiger partial charge in [-0.15, -0.1) is 0 Å². The van der Waals surface area contributed by atoms with Gasteiger partial charge in [-0.1, -0.05) is 24.3 Å². The summed E-state index contributed by atoms with van der Waals surface area (Å²) >= 11 is 0. The maximum atomic E-state index is 13.6. The molecule has 2 aromatic carbocycles. The summed E-state index contributed by atoms with van der Waals surface area (Å²) in [6.07, 6.45) is -1.33. The summed E-state index contributed by atoms with van der Waals surface area (Å²) < 4.78 is 32.1. The van der Waals surface area contributed by atoms with Crippen LogP contribution in [-0.4, -0.2) is 29.9 Å². The number of anilines is 1. The van der Waals surface area contributed by atoms with E-state index >= 15 is 0 Å². The normalized spacial score (nSPS) is 12.6. The Morgan fingerprint density at radius 1 is 0.926 bits per heavy atom. The molecule has 0 aromatic heterocycles. The number of carbonyl (C=O) groups is 3. The van der Waals surface area contributed by atoms with E-state index in [-0.39, 0.29) is 0 Å². The van der Waals surface area contributed by atoms with E-state index in [0.717, 1.165) is 18.2 Å². The van der Waals surface area contributed by atoms with Crippen molar-refractivity contribution in [3.63, 3.8) is 0 Å². The molecule has 8 heteroatoms. The Kier molecular flexibility index (Phi) is 6.59. The molecule has 2 aromatic rings. The molecule has 0 heterocycles. The summed E-state index contributed by atoms with van der Waals surface area (Å²) in [5.41, 5.74) is -0.270. The topological polar surface area (TPSA) is 84.5 Å².